The van der Waals surface area contributed by atoms with Crippen LogP contribution in [0.1, 0.15) is 26.7 Å². The standard InChI is InChI=1S/C8H18N2O2/c1-3-12-6-4-5-8(2,10)7(9)11/h3-6,10H2,1-2H3,(H2,9,11). The van der Waals surface area contributed by atoms with Crippen LogP contribution in [0.3, 0.4) is 0 Å². The molecule has 0 aromatic rings. The molecule has 0 rings (SSSR count). The Kier molecular flexibility index (Phi) is 4.85. The Morgan fingerprint density at radius 2 is 2.17 bits per heavy atom. The number of carbonyl (C=O) groups excluding carboxylic acids is 1. The van der Waals surface area contributed by atoms with Crippen LogP contribution in [0.4, 0.5) is 0 Å². The van der Waals surface area contributed by atoms with Crippen molar-refractivity contribution in [2.75, 3.05) is 13.2 Å². The summed E-state index contributed by atoms with van der Waals surface area (Å²) >= 11 is 0. The van der Waals surface area contributed by atoms with E-state index in [1.807, 2.05) is 6.92 Å². The van der Waals surface area contributed by atoms with Crippen molar-refractivity contribution in [3.63, 3.8) is 0 Å². The normalized spacial score (nSPS) is 15.6. The van der Waals surface area contributed by atoms with Crippen LogP contribution in [-0.2, 0) is 9.53 Å². The van der Waals surface area contributed by atoms with Crippen molar-refractivity contribution < 1.29 is 9.53 Å². The van der Waals surface area contributed by atoms with Crippen LogP contribution in [0, 0.1) is 0 Å². The van der Waals surface area contributed by atoms with Gasteiger partial charge in [-0.05, 0) is 26.7 Å². The van der Waals surface area contributed by atoms with Crippen molar-refractivity contribution in [3.05, 3.63) is 0 Å². The quantitative estimate of drug-likeness (QED) is 0.556. The summed E-state index contributed by atoms with van der Waals surface area (Å²) in [6.45, 7) is 4.89. The molecule has 0 radical (unpaired) electrons. The average Bonchev–Trinajstić information content (AvgIpc) is 1.98. The molecule has 0 fully saturated rings. The van der Waals surface area contributed by atoms with Gasteiger partial charge in [0.2, 0.25) is 5.91 Å². The SMILES string of the molecule is CCOCCCC(C)(N)C(N)=O. The van der Waals surface area contributed by atoms with Gasteiger partial charge in [-0.1, -0.05) is 0 Å². The lowest BCUT2D eigenvalue weighted by atomic mass is 9.97. The first kappa shape index (κ1) is 11.4. The number of primary amides is 1. The monoisotopic (exact) mass is 174 g/mol. The summed E-state index contributed by atoms with van der Waals surface area (Å²) in [6, 6.07) is 0. The molecule has 0 aliphatic carbocycles. The van der Waals surface area contributed by atoms with Gasteiger partial charge in [0, 0.05) is 13.2 Å². The van der Waals surface area contributed by atoms with E-state index in [9.17, 15) is 4.79 Å². The predicted molar refractivity (Wildman–Crippen MR) is 47.5 cm³/mol. The summed E-state index contributed by atoms with van der Waals surface area (Å²) in [5.74, 6) is -0.459. The Bertz CT molecular complexity index is 146. The fourth-order valence-corrected chi connectivity index (χ4v) is 0.809. The number of hydrogen-bond acceptors (Lipinski definition) is 3. The number of ether oxygens (including phenoxy) is 1. The van der Waals surface area contributed by atoms with Crippen LogP contribution >= 0.6 is 0 Å². The largest absolute Gasteiger partial charge is 0.382 e. The highest BCUT2D eigenvalue weighted by molar-refractivity contribution is 5.83. The van der Waals surface area contributed by atoms with E-state index in [4.69, 9.17) is 16.2 Å². The summed E-state index contributed by atoms with van der Waals surface area (Å²) in [5, 5.41) is 0. The van der Waals surface area contributed by atoms with Gasteiger partial charge < -0.3 is 16.2 Å². The lowest BCUT2D eigenvalue weighted by Crippen LogP contribution is -2.49. The summed E-state index contributed by atoms with van der Waals surface area (Å²) in [5.41, 5.74) is 9.80. The van der Waals surface area contributed by atoms with Gasteiger partial charge >= 0.3 is 0 Å². The Labute approximate surface area is 73.2 Å². The number of nitrogens with two attached hydrogens (primary N) is 2. The topological polar surface area (TPSA) is 78.3 Å². The molecule has 12 heavy (non-hydrogen) atoms. The zero-order valence-corrected chi connectivity index (χ0v) is 7.80. The molecule has 0 heterocycles. The van der Waals surface area contributed by atoms with E-state index < -0.39 is 11.4 Å². The molecule has 1 amide bonds. The Morgan fingerprint density at radius 3 is 2.58 bits per heavy atom. The minimum absolute atomic E-state index is 0.459. The van der Waals surface area contributed by atoms with E-state index in [-0.39, 0.29) is 0 Å². The van der Waals surface area contributed by atoms with E-state index in [0.717, 1.165) is 6.42 Å². The highest BCUT2D eigenvalue weighted by Crippen LogP contribution is 2.07. The first-order valence-corrected chi connectivity index (χ1v) is 4.17. The molecule has 0 aliphatic rings. The molecule has 0 spiro atoms. The number of hydrogen-bond donors (Lipinski definition) is 2. The first-order valence-electron chi connectivity index (χ1n) is 4.17. The lowest BCUT2D eigenvalue weighted by molar-refractivity contribution is -0.122. The molecule has 0 aromatic heterocycles. The van der Waals surface area contributed by atoms with E-state index in [2.05, 4.69) is 0 Å². The summed E-state index contributed by atoms with van der Waals surface area (Å²) in [4.78, 5) is 10.7. The molecule has 0 saturated carbocycles. The second-order valence-corrected chi connectivity index (χ2v) is 3.08. The minimum Gasteiger partial charge on any atom is -0.382 e. The van der Waals surface area contributed by atoms with Crippen molar-refractivity contribution in [2.24, 2.45) is 11.5 Å². The second-order valence-electron chi connectivity index (χ2n) is 3.08. The maximum Gasteiger partial charge on any atom is 0.237 e. The summed E-state index contributed by atoms with van der Waals surface area (Å²) in [7, 11) is 0. The Balaban J connectivity index is 3.54. The molecule has 72 valence electrons. The van der Waals surface area contributed by atoms with Gasteiger partial charge in [-0.3, -0.25) is 4.79 Å². The molecule has 4 heteroatoms. The van der Waals surface area contributed by atoms with Crippen LogP contribution in [0.5, 0.6) is 0 Å². The summed E-state index contributed by atoms with van der Waals surface area (Å²) in [6.07, 6.45) is 1.34. The molecule has 0 aliphatic heterocycles. The Morgan fingerprint density at radius 1 is 1.58 bits per heavy atom. The highest BCUT2D eigenvalue weighted by Gasteiger charge is 2.24. The third kappa shape index (κ3) is 4.31. The highest BCUT2D eigenvalue weighted by atomic mass is 16.5. The molecule has 1 unspecified atom stereocenters. The van der Waals surface area contributed by atoms with E-state index in [1.165, 1.54) is 0 Å². The average molecular weight is 174 g/mol. The van der Waals surface area contributed by atoms with Gasteiger partial charge in [0.1, 0.15) is 0 Å². The van der Waals surface area contributed by atoms with Crippen LogP contribution in [0.2, 0.25) is 0 Å². The van der Waals surface area contributed by atoms with Crippen LogP contribution in [-0.4, -0.2) is 24.7 Å². The third-order valence-corrected chi connectivity index (χ3v) is 1.75. The second kappa shape index (κ2) is 5.11. The van der Waals surface area contributed by atoms with E-state index in [1.54, 1.807) is 6.92 Å². The molecular weight excluding hydrogens is 156 g/mol. The number of carbonyl (C=O) groups is 1. The predicted octanol–water partition coefficient (Wildman–Crippen LogP) is 0.00580. The van der Waals surface area contributed by atoms with E-state index in [0.29, 0.717) is 19.6 Å². The van der Waals surface area contributed by atoms with Crippen molar-refractivity contribution >= 4 is 5.91 Å². The van der Waals surface area contributed by atoms with E-state index >= 15 is 0 Å². The van der Waals surface area contributed by atoms with Crippen LogP contribution in [0.15, 0.2) is 0 Å². The van der Waals surface area contributed by atoms with Crippen molar-refractivity contribution in [2.45, 2.75) is 32.2 Å². The minimum atomic E-state index is -0.892. The molecule has 0 aromatic carbocycles. The van der Waals surface area contributed by atoms with Gasteiger partial charge in [-0.25, -0.2) is 0 Å². The molecule has 0 bridgehead atoms. The van der Waals surface area contributed by atoms with Gasteiger partial charge in [0.05, 0.1) is 5.54 Å². The van der Waals surface area contributed by atoms with Gasteiger partial charge in [0.25, 0.3) is 0 Å². The van der Waals surface area contributed by atoms with Crippen molar-refractivity contribution in [1.29, 1.82) is 0 Å². The Hall–Kier alpha value is -0.610. The zero-order chi connectivity index (χ0) is 9.61. The molecule has 1 atom stereocenters. The third-order valence-electron chi connectivity index (χ3n) is 1.75. The molecule has 4 N–H and O–H groups in total. The lowest BCUT2D eigenvalue weighted by Gasteiger charge is -2.19. The van der Waals surface area contributed by atoms with Gasteiger partial charge in [-0.15, -0.1) is 0 Å². The van der Waals surface area contributed by atoms with Crippen molar-refractivity contribution in [1.82, 2.24) is 0 Å². The number of amides is 1. The molecule has 4 nitrogen and oxygen atoms in total. The maximum absolute atomic E-state index is 10.7. The number of rotatable bonds is 6. The van der Waals surface area contributed by atoms with Crippen molar-refractivity contribution in [3.8, 4) is 0 Å². The molecular formula is C8H18N2O2. The maximum atomic E-state index is 10.7. The zero-order valence-electron chi connectivity index (χ0n) is 7.80. The van der Waals surface area contributed by atoms with Gasteiger partial charge in [-0.2, -0.15) is 0 Å². The fourth-order valence-electron chi connectivity index (χ4n) is 0.809. The van der Waals surface area contributed by atoms with Gasteiger partial charge in [0.15, 0.2) is 0 Å². The summed E-state index contributed by atoms with van der Waals surface area (Å²) < 4.78 is 5.10. The fraction of sp³-hybridized carbons (Fsp3) is 0.875. The van der Waals surface area contributed by atoms with Crippen LogP contribution < -0.4 is 11.5 Å². The molecule has 0 saturated heterocycles. The smallest absolute Gasteiger partial charge is 0.237 e. The first-order chi connectivity index (χ1) is 5.50. The van der Waals surface area contributed by atoms with Crippen LogP contribution in [0.25, 0.3) is 0 Å².